The van der Waals surface area contributed by atoms with Gasteiger partial charge in [-0.3, -0.25) is 4.68 Å². The number of aryl methyl sites for hydroxylation is 3. The van der Waals surface area contributed by atoms with E-state index in [4.69, 9.17) is 0 Å². The first kappa shape index (κ1) is 13.2. The predicted octanol–water partition coefficient (Wildman–Crippen LogP) is 2.47. The van der Waals surface area contributed by atoms with Gasteiger partial charge in [0.1, 0.15) is 12.2 Å². The number of halogens is 1. The molecule has 5 heteroatoms. The summed E-state index contributed by atoms with van der Waals surface area (Å²) in [5.74, 6) is 0.778. The standard InChI is InChI=1S/C13H16BrN3O/c1-8-4-10(5-9(2)13(8)14)11(18)6-12-15-7-16-17(12)3/h4-5,7,11,18H,6H2,1-3H3. The summed E-state index contributed by atoms with van der Waals surface area (Å²) in [6.45, 7) is 4.05. The first-order valence-corrected chi connectivity index (χ1v) is 6.56. The topological polar surface area (TPSA) is 50.9 Å². The Kier molecular flexibility index (Phi) is 3.82. The van der Waals surface area contributed by atoms with E-state index in [1.54, 1.807) is 4.68 Å². The molecule has 0 fully saturated rings. The lowest BCUT2D eigenvalue weighted by atomic mass is 10.0. The molecule has 4 nitrogen and oxygen atoms in total. The van der Waals surface area contributed by atoms with Gasteiger partial charge in [-0.2, -0.15) is 5.10 Å². The molecule has 0 amide bonds. The highest BCUT2D eigenvalue weighted by molar-refractivity contribution is 9.10. The summed E-state index contributed by atoms with van der Waals surface area (Å²) < 4.78 is 2.78. The Morgan fingerprint density at radius 3 is 2.44 bits per heavy atom. The van der Waals surface area contributed by atoms with E-state index >= 15 is 0 Å². The van der Waals surface area contributed by atoms with Gasteiger partial charge in [0.25, 0.3) is 0 Å². The summed E-state index contributed by atoms with van der Waals surface area (Å²) in [6.07, 6.45) is 1.41. The molecule has 18 heavy (non-hydrogen) atoms. The smallest absolute Gasteiger partial charge is 0.138 e. The van der Waals surface area contributed by atoms with Crippen LogP contribution in [0.3, 0.4) is 0 Å². The van der Waals surface area contributed by atoms with Crippen molar-refractivity contribution in [3.8, 4) is 0 Å². The minimum atomic E-state index is -0.557. The molecule has 0 spiro atoms. The molecule has 1 unspecified atom stereocenters. The van der Waals surface area contributed by atoms with E-state index in [0.717, 1.165) is 27.0 Å². The second-order valence-corrected chi connectivity index (χ2v) is 5.28. The number of hydrogen-bond donors (Lipinski definition) is 1. The lowest BCUT2D eigenvalue weighted by Gasteiger charge is -2.13. The number of benzene rings is 1. The monoisotopic (exact) mass is 309 g/mol. The van der Waals surface area contributed by atoms with Crippen molar-refractivity contribution in [1.29, 1.82) is 0 Å². The largest absolute Gasteiger partial charge is 0.388 e. The van der Waals surface area contributed by atoms with E-state index in [9.17, 15) is 5.11 Å². The van der Waals surface area contributed by atoms with Gasteiger partial charge in [0, 0.05) is 17.9 Å². The fourth-order valence-electron chi connectivity index (χ4n) is 1.97. The summed E-state index contributed by atoms with van der Waals surface area (Å²) in [5, 5.41) is 14.3. The van der Waals surface area contributed by atoms with Gasteiger partial charge in [-0.05, 0) is 30.5 Å². The first-order chi connectivity index (χ1) is 8.49. The zero-order valence-corrected chi connectivity index (χ0v) is 12.3. The van der Waals surface area contributed by atoms with Crippen LogP contribution in [-0.4, -0.2) is 19.9 Å². The van der Waals surface area contributed by atoms with Crippen LogP contribution in [0.2, 0.25) is 0 Å². The lowest BCUT2D eigenvalue weighted by molar-refractivity contribution is 0.174. The highest BCUT2D eigenvalue weighted by Gasteiger charge is 2.14. The minimum Gasteiger partial charge on any atom is -0.388 e. The van der Waals surface area contributed by atoms with Gasteiger partial charge < -0.3 is 5.11 Å². The Balaban J connectivity index is 2.24. The average Bonchev–Trinajstić information content (AvgIpc) is 2.71. The zero-order chi connectivity index (χ0) is 13.3. The van der Waals surface area contributed by atoms with E-state index in [0.29, 0.717) is 6.42 Å². The number of aliphatic hydroxyl groups is 1. The number of rotatable bonds is 3. The van der Waals surface area contributed by atoms with Crippen molar-refractivity contribution in [3.63, 3.8) is 0 Å². The molecule has 0 aliphatic heterocycles. The maximum absolute atomic E-state index is 10.3. The first-order valence-electron chi connectivity index (χ1n) is 5.76. The number of hydrogen-bond acceptors (Lipinski definition) is 3. The van der Waals surface area contributed by atoms with E-state index in [1.165, 1.54) is 6.33 Å². The van der Waals surface area contributed by atoms with Gasteiger partial charge in [-0.15, -0.1) is 0 Å². The van der Waals surface area contributed by atoms with E-state index < -0.39 is 6.10 Å². The van der Waals surface area contributed by atoms with Crippen molar-refractivity contribution in [2.75, 3.05) is 0 Å². The molecule has 2 aromatic rings. The SMILES string of the molecule is Cc1cc(C(O)Cc2ncnn2C)cc(C)c1Br. The Bertz CT molecular complexity index is 542. The quantitative estimate of drug-likeness (QED) is 0.947. The molecule has 1 N–H and O–H groups in total. The average molecular weight is 310 g/mol. The highest BCUT2D eigenvalue weighted by atomic mass is 79.9. The normalized spacial score (nSPS) is 12.7. The van der Waals surface area contributed by atoms with Crippen LogP contribution in [0.1, 0.15) is 28.6 Å². The molecule has 0 saturated heterocycles. The van der Waals surface area contributed by atoms with E-state index in [-0.39, 0.29) is 0 Å². The zero-order valence-electron chi connectivity index (χ0n) is 10.7. The molecule has 0 aliphatic rings. The molecule has 1 atom stereocenters. The van der Waals surface area contributed by atoms with Crippen LogP contribution in [-0.2, 0) is 13.5 Å². The Labute approximate surface area is 115 Å². The Morgan fingerprint density at radius 2 is 1.94 bits per heavy atom. The van der Waals surface area contributed by atoms with Gasteiger partial charge in [0.05, 0.1) is 6.10 Å². The highest BCUT2D eigenvalue weighted by Crippen LogP contribution is 2.26. The van der Waals surface area contributed by atoms with Crippen LogP contribution in [0.25, 0.3) is 0 Å². The van der Waals surface area contributed by atoms with Crippen LogP contribution < -0.4 is 0 Å². The van der Waals surface area contributed by atoms with Crippen LogP contribution in [0.4, 0.5) is 0 Å². The van der Waals surface area contributed by atoms with Gasteiger partial charge in [-0.1, -0.05) is 28.1 Å². The molecule has 0 saturated carbocycles. The van der Waals surface area contributed by atoms with Crippen molar-refractivity contribution in [1.82, 2.24) is 14.8 Å². The van der Waals surface area contributed by atoms with Crippen LogP contribution >= 0.6 is 15.9 Å². The molecule has 2 rings (SSSR count). The maximum atomic E-state index is 10.3. The summed E-state index contributed by atoms with van der Waals surface area (Å²) in [7, 11) is 1.83. The number of nitrogens with zero attached hydrogens (tertiary/aromatic N) is 3. The van der Waals surface area contributed by atoms with Crippen molar-refractivity contribution in [2.24, 2.45) is 7.05 Å². The summed E-state index contributed by atoms with van der Waals surface area (Å²) in [6, 6.07) is 4.00. The Hall–Kier alpha value is -1.20. The number of aromatic nitrogens is 3. The lowest BCUT2D eigenvalue weighted by Crippen LogP contribution is -2.08. The molecule has 1 aromatic carbocycles. The maximum Gasteiger partial charge on any atom is 0.138 e. The third-order valence-corrected chi connectivity index (χ3v) is 4.28. The molecular formula is C13H16BrN3O. The van der Waals surface area contributed by atoms with E-state index in [2.05, 4.69) is 26.0 Å². The molecule has 0 radical (unpaired) electrons. The molecule has 1 aromatic heterocycles. The van der Waals surface area contributed by atoms with Gasteiger partial charge in [0.15, 0.2) is 0 Å². The number of aliphatic hydroxyl groups excluding tert-OH is 1. The summed E-state index contributed by atoms with van der Waals surface area (Å²) in [5.41, 5.74) is 3.17. The van der Waals surface area contributed by atoms with Crippen molar-refractivity contribution in [3.05, 3.63) is 45.4 Å². The van der Waals surface area contributed by atoms with Crippen LogP contribution in [0.5, 0.6) is 0 Å². The fourth-order valence-corrected chi connectivity index (χ4v) is 2.20. The molecule has 0 aliphatic carbocycles. The second kappa shape index (κ2) is 5.20. The minimum absolute atomic E-state index is 0.469. The summed E-state index contributed by atoms with van der Waals surface area (Å²) >= 11 is 3.53. The molecule has 0 bridgehead atoms. The van der Waals surface area contributed by atoms with Crippen LogP contribution in [0.15, 0.2) is 22.9 Å². The molecule has 96 valence electrons. The predicted molar refractivity (Wildman–Crippen MR) is 73.3 cm³/mol. The van der Waals surface area contributed by atoms with Crippen molar-refractivity contribution >= 4 is 15.9 Å². The fraction of sp³-hybridized carbons (Fsp3) is 0.385. The van der Waals surface area contributed by atoms with Gasteiger partial charge >= 0.3 is 0 Å². The third-order valence-electron chi connectivity index (χ3n) is 3.02. The molecule has 1 heterocycles. The second-order valence-electron chi connectivity index (χ2n) is 4.49. The van der Waals surface area contributed by atoms with Crippen molar-refractivity contribution in [2.45, 2.75) is 26.4 Å². The van der Waals surface area contributed by atoms with Crippen LogP contribution in [0, 0.1) is 13.8 Å². The Morgan fingerprint density at radius 1 is 1.33 bits per heavy atom. The van der Waals surface area contributed by atoms with Gasteiger partial charge in [-0.25, -0.2) is 4.98 Å². The van der Waals surface area contributed by atoms with Gasteiger partial charge in [0.2, 0.25) is 0 Å². The van der Waals surface area contributed by atoms with E-state index in [1.807, 2.05) is 33.0 Å². The van der Waals surface area contributed by atoms with Crippen molar-refractivity contribution < 1.29 is 5.11 Å². The molecular weight excluding hydrogens is 294 g/mol. The third kappa shape index (κ3) is 2.62. The summed E-state index contributed by atoms with van der Waals surface area (Å²) in [4.78, 5) is 4.13.